The van der Waals surface area contributed by atoms with Gasteiger partial charge in [0, 0.05) is 38.7 Å². The summed E-state index contributed by atoms with van der Waals surface area (Å²) in [5.41, 5.74) is -0.568. The van der Waals surface area contributed by atoms with E-state index in [9.17, 15) is 9.59 Å². The van der Waals surface area contributed by atoms with Gasteiger partial charge < -0.3 is 28.4 Å². The van der Waals surface area contributed by atoms with E-state index in [-0.39, 0.29) is 41.4 Å². The molecule has 9 heteroatoms. The lowest BCUT2D eigenvalue weighted by Crippen LogP contribution is -2.48. The summed E-state index contributed by atoms with van der Waals surface area (Å²) in [5.74, 6) is 0.245. The molecule has 0 aromatic rings. The number of rotatable bonds is 7. The lowest BCUT2D eigenvalue weighted by Gasteiger charge is -2.38. The molecule has 3 aliphatic heterocycles. The van der Waals surface area contributed by atoms with E-state index in [0.29, 0.717) is 32.7 Å². The highest BCUT2D eigenvalue weighted by molar-refractivity contribution is 6.74. The van der Waals surface area contributed by atoms with Crippen LogP contribution < -0.4 is 0 Å². The highest BCUT2D eigenvalue weighted by Crippen LogP contribution is 2.41. The molecule has 3 aliphatic rings. The fourth-order valence-electron chi connectivity index (χ4n) is 5.09. The first-order valence-corrected chi connectivity index (χ1v) is 16.8. The van der Waals surface area contributed by atoms with Crippen LogP contribution in [0.1, 0.15) is 80.1 Å². The minimum Gasteiger partial charge on any atom is -0.444 e. The van der Waals surface area contributed by atoms with Crippen LogP contribution in [0, 0.1) is 5.92 Å². The summed E-state index contributed by atoms with van der Waals surface area (Å²) in [4.78, 5) is 30.0. The highest BCUT2D eigenvalue weighted by atomic mass is 28.4. The summed E-state index contributed by atoms with van der Waals surface area (Å²) in [6.07, 6.45) is 4.75. The lowest BCUT2D eigenvalue weighted by molar-refractivity contribution is -0.167. The van der Waals surface area contributed by atoms with E-state index >= 15 is 0 Å². The van der Waals surface area contributed by atoms with Crippen molar-refractivity contribution in [3.05, 3.63) is 0 Å². The number of hydrogen-bond donors (Lipinski definition) is 0. The molecule has 208 valence electrons. The lowest BCUT2D eigenvalue weighted by atomic mass is 9.87. The van der Waals surface area contributed by atoms with Gasteiger partial charge in [-0.25, -0.2) is 4.79 Å². The molecule has 0 spiro atoms. The van der Waals surface area contributed by atoms with Gasteiger partial charge in [0.15, 0.2) is 14.6 Å². The van der Waals surface area contributed by atoms with Crippen LogP contribution in [0.2, 0.25) is 18.1 Å². The average molecular weight is 527 g/mol. The van der Waals surface area contributed by atoms with Crippen molar-refractivity contribution in [3.63, 3.8) is 0 Å². The zero-order valence-corrected chi connectivity index (χ0v) is 24.9. The van der Waals surface area contributed by atoms with Crippen molar-refractivity contribution in [1.82, 2.24) is 9.80 Å². The Morgan fingerprint density at radius 3 is 2.42 bits per heavy atom. The highest BCUT2D eigenvalue weighted by Gasteiger charge is 2.47. The van der Waals surface area contributed by atoms with Gasteiger partial charge in [-0.3, -0.25) is 4.79 Å². The van der Waals surface area contributed by atoms with Crippen LogP contribution in [0.15, 0.2) is 0 Å². The van der Waals surface area contributed by atoms with Crippen LogP contribution in [0.25, 0.3) is 0 Å². The van der Waals surface area contributed by atoms with E-state index in [1.54, 1.807) is 0 Å². The summed E-state index contributed by atoms with van der Waals surface area (Å²) in [6, 6.07) is -0.0485. The Labute approximate surface area is 219 Å². The molecule has 3 saturated heterocycles. The Bertz CT molecular complexity index is 756. The van der Waals surface area contributed by atoms with E-state index in [1.165, 1.54) is 0 Å². The Morgan fingerprint density at radius 2 is 1.83 bits per heavy atom. The van der Waals surface area contributed by atoms with Crippen LogP contribution >= 0.6 is 0 Å². The Morgan fingerprint density at radius 1 is 1.11 bits per heavy atom. The van der Waals surface area contributed by atoms with Gasteiger partial charge in [-0.2, -0.15) is 0 Å². The fraction of sp³-hybridized carbons (Fsp3) is 0.926. The maximum Gasteiger partial charge on any atom is 0.410 e. The van der Waals surface area contributed by atoms with Gasteiger partial charge >= 0.3 is 6.09 Å². The number of hydrogen-bond acceptors (Lipinski definition) is 6. The van der Waals surface area contributed by atoms with E-state index in [2.05, 4.69) is 33.9 Å². The summed E-state index contributed by atoms with van der Waals surface area (Å²) in [5, 5.41) is 0.0911. The van der Waals surface area contributed by atoms with Crippen molar-refractivity contribution in [2.24, 2.45) is 5.92 Å². The first-order chi connectivity index (χ1) is 16.7. The Kier molecular flexibility index (Phi) is 9.55. The molecule has 2 amide bonds. The van der Waals surface area contributed by atoms with Crippen molar-refractivity contribution in [1.29, 1.82) is 0 Å². The van der Waals surface area contributed by atoms with Crippen LogP contribution in [-0.2, 0) is 23.4 Å². The average Bonchev–Trinajstić information content (AvgIpc) is 3.17. The Hall–Kier alpha value is -1.16. The molecule has 8 nitrogen and oxygen atoms in total. The molecule has 0 aromatic heterocycles. The molecule has 0 saturated carbocycles. The van der Waals surface area contributed by atoms with Gasteiger partial charge in [-0.05, 0) is 76.9 Å². The molecule has 2 unspecified atom stereocenters. The molecule has 3 rings (SSSR count). The molecule has 0 N–H and O–H groups in total. The molecular weight excluding hydrogens is 476 g/mol. The topological polar surface area (TPSA) is 77.5 Å². The van der Waals surface area contributed by atoms with Crippen LogP contribution in [0.3, 0.4) is 0 Å². The number of carbonyl (C=O) groups excluding carboxylic acids is 2. The van der Waals surface area contributed by atoms with E-state index in [4.69, 9.17) is 18.6 Å². The normalized spacial score (nSPS) is 28.5. The fourth-order valence-corrected chi connectivity index (χ4v) is 6.44. The monoisotopic (exact) mass is 526 g/mol. The second-order valence-electron chi connectivity index (χ2n) is 13.2. The number of nitrogens with zero attached hydrogens (tertiary/aromatic N) is 2. The summed E-state index contributed by atoms with van der Waals surface area (Å²) >= 11 is 0. The van der Waals surface area contributed by atoms with Gasteiger partial charge in [0.25, 0.3) is 0 Å². The van der Waals surface area contributed by atoms with Crippen molar-refractivity contribution in [2.75, 3.05) is 32.8 Å². The quantitative estimate of drug-likeness (QED) is 0.426. The van der Waals surface area contributed by atoms with Crippen LogP contribution in [0.4, 0.5) is 4.79 Å². The maximum atomic E-state index is 13.2. The smallest absolute Gasteiger partial charge is 0.410 e. The van der Waals surface area contributed by atoms with E-state index < -0.39 is 13.9 Å². The van der Waals surface area contributed by atoms with Crippen LogP contribution in [0.5, 0.6) is 0 Å². The third-order valence-electron chi connectivity index (χ3n) is 8.11. The second kappa shape index (κ2) is 11.7. The molecule has 0 radical (unpaired) electrons. The number of carbonyl (C=O) groups is 2. The molecule has 0 aromatic carbocycles. The van der Waals surface area contributed by atoms with Gasteiger partial charge in [0.2, 0.25) is 5.91 Å². The first kappa shape index (κ1) is 29.4. The molecule has 36 heavy (non-hydrogen) atoms. The molecular formula is C27H50N2O6Si. The van der Waals surface area contributed by atoms with Gasteiger partial charge in [0.1, 0.15) is 5.60 Å². The van der Waals surface area contributed by atoms with Crippen molar-refractivity contribution in [2.45, 2.75) is 122 Å². The predicted octanol–water partition coefficient (Wildman–Crippen LogP) is 5.17. The summed E-state index contributed by atoms with van der Waals surface area (Å²) < 4.78 is 24.0. The summed E-state index contributed by atoms with van der Waals surface area (Å²) in [6.45, 7) is 19.9. The van der Waals surface area contributed by atoms with Gasteiger partial charge in [-0.1, -0.05) is 20.8 Å². The van der Waals surface area contributed by atoms with Crippen molar-refractivity contribution in [3.8, 4) is 0 Å². The molecule has 0 bridgehead atoms. The zero-order valence-electron chi connectivity index (χ0n) is 23.9. The first-order valence-electron chi connectivity index (χ1n) is 13.8. The van der Waals surface area contributed by atoms with E-state index in [0.717, 1.165) is 38.7 Å². The number of piperidine rings is 1. The zero-order chi connectivity index (χ0) is 26.7. The molecule has 4 atom stereocenters. The van der Waals surface area contributed by atoms with E-state index in [1.807, 2.05) is 30.6 Å². The standard InChI is InChI=1S/C27H50N2O6Si/c1-26(2,3)34-25(31)29-19-21(35-36(7,8)27(4,5)6)18-22(29)20-12-13-28(23(30)17-20)14-16-33-24-11-9-10-15-32-24/h20-22,24H,9-19H2,1-8H3/t20?,21-,22+,24?/m1/s1. The number of amides is 2. The predicted molar refractivity (Wildman–Crippen MR) is 142 cm³/mol. The minimum atomic E-state index is -1.99. The van der Waals surface area contributed by atoms with Crippen LogP contribution in [-0.4, -0.2) is 87.0 Å². The summed E-state index contributed by atoms with van der Waals surface area (Å²) in [7, 11) is -1.99. The number of ether oxygens (including phenoxy) is 3. The van der Waals surface area contributed by atoms with Gasteiger partial charge in [-0.15, -0.1) is 0 Å². The third kappa shape index (κ3) is 7.92. The molecule has 3 fully saturated rings. The Balaban J connectivity index is 1.61. The van der Waals surface area contributed by atoms with Crippen molar-refractivity contribution < 1.29 is 28.2 Å². The third-order valence-corrected chi connectivity index (χ3v) is 12.6. The van der Waals surface area contributed by atoms with Crippen molar-refractivity contribution >= 4 is 20.3 Å². The maximum absolute atomic E-state index is 13.2. The molecule has 3 heterocycles. The largest absolute Gasteiger partial charge is 0.444 e. The van der Waals surface area contributed by atoms with Gasteiger partial charge in [0.05, 0.1) is 12.7 Å². The minimum absolute atomic E-state index is 0.0274. The second-order valence-corrected chi connectivity index (χ2v) is 18.0. The SMILES string of the molecule is CC(C)(C)OC(=O)N1C[C@H](O[Si](C)(C)C(C)(C)C)C[C@H]1C1CCN(CCOC2CCCCO2)C(=O)C1. The number of likely N-dealkylation sites (tertiary alicyclic amines) is 2. The molecule has 0 aliphatic carbocycles.